The van der Waals surface area contributed by atoms with E-state index in [1.165, 1.54) is 17.8 Å². The van der Waals surface area contributed by atoms with E-state index in [2.05, 4.69) is 25.4 Å². The molecule has 4 aromatic rings. The first-order valence-corrected chi connectivity index (χ1v) is 12.3. The van der Waals surface area contributed by atoms with E-state index in [0.717, 1.165) is 5.56 Å². The molecule has 5 rings (SSSR count). The van der Waals surface area contributed by atoms with Crippen LogP contribution in [0, 0.1) is 11.7 Å². The van der Waals surface area contributed by atoms with Crippen molar-refractivity contribution in [2.24, 2.45) is 10.9 Å². The number of pyridine rings is 1. The molecule has 2 atom stereocenters. The van der Waals surface area contributed by atoms with Gasteiger partial charge in [-0.25, -0.2) is 14.1 Å². The Kier molecular flexibility index (Phi) is 6.77. The minimum Gasteiger partial charge on any atom is -0.495 e. The quantitative estimate of drug-likeness (QED) is 0.355. The molecule has 0 bridgehead atoms. The van der Waals surface area contributed by atoms with E-state index < -0.39 is 12.0 Å². The number of hydrogen-bond acceptors (Lipinski definition) is 7. The summed E-state index contributed by atoms with van der Waals surface area (Å²) in [5, 5.41) is 8.11. The first-order chi connectivity index (χ1) is 17.5. The molecule has 0 saturated heterocycles. The lowest BCUT2D eigenvalue weighted by Gasteiger charge is -2.30. The lowest BCUT2D eigenvalue weighted by atomic mass is 9.88. The molecule has 2 unspecified atom stereocenters. The molecule has 0 saturated carbocycles. The molecular weight excluding hydrogens is 479 g/mol. The smallest absolute Gasteiger partial charge is 0.249 e. The van der Waals surface area contributed by atoms with Gasteiger partial charge in [0, 0.05) is 23.9 Å². The number of nitrogens with zero attached hydrogens (tertiary/aromatic N) is 5. The Morgan fingerprint density at radius 2 is 1.86 bits per heavy atom. The van der Waals surface area contributed by atoms with Gasteiger partial charge in [0.25, 0.3) is 0 Å². The van der Waals surface area contributed by atoms with E-state index in [-0.39, 0.29) is 11.7 Å². The standard InChI is InChI=1S/C26H23FN6O2S/c1-16-22(24(34)30-20-9-5-6-10-21(20)35-2)23(17-11-13-28-14-12-17)33-25(29-16)31-26(32-33)36-15-18-7-3-4-8-19(18)27/h3-14,22-23H,15H2,1-2H3,(H,30,34). The Bertz CT molecular complexity index is 1420. The van der Waals surface area contributed by atoms with Crippen LogP contribution >= 0.6 is 11.8 Å². The van der Waals surface area contributed by atoms with Crippen LogP contribution in [0.1, 0.15) is 24.1 Å². The summed E-state index contributed by atoms with van der Waals surface area (Å²) < 4.78 is 21.1. The fourth-order valence-electron chi connectivity index (χ4n) is 4.16. The second-order valence-corrected chi connectivity index (χ2v) is 9.11. The number of aromatic nitrogens is 4. The summed E-state index contributed by atoms with van der Waals surface area (Å²) in [6.07, 6.45) is 3.35. The van der Waals surface area contributed by atoms with Crippen LogP contribution in [0.4, 0.5) is 16.0 Å². The molecule has 0 radical (unpaired) electrons. The van der Waals surface area contributed by atoms with Crippen molar-refractivity contribution in [2.75, 3.05) is 12.4 Å². The van der Waals surface area contributed by atoms with Crippen molar-refractivity contribution in [3.63, 3.8) is 0 Å². The summed E-state index contributed by atoms with van der Waals surface area (Å²) in [6, 6.07) is 17.1. The molecule has 3 heterocycles. The number of ether oxygens (including phenoxy) is 1. The number of amides is 1. The van der Waals surface area contributed by atoms with Gasteiger partial charge >= 0.3 is 0 Å². The van der Waals surface area contributed by atoms with Crippen LogP contribution in [0.3, 0.4) is 0 Å². The molecule has 182 valence electrons. The average molecular weight is 503 g/mol. The van der Waals surface area contributed by atoms with Gasteiger partial charge in [0.05, 0.1) is 18.8 Å². The summed E-state index contributed by atoms with van der Waals surface area (Å²) in [5.41, 5.74) is 2.58. The van der Waals surface area contributed by atoms with Gasteiger partial charge < -0.3 is 10.1 Å². The molecule has 1 N–H and O–H groups in total. The van der Waals surface area contributed by atoms with Crippen LogP contribution < -0.4 is 10.1 Å². The van der Waals surface area contributed by atoms with Crippen molar-refractivity contribution < 1.29 is 13.9 Å². The van der Waals surface area contributed by atoms with Gasteiger partial charge in [0.15, 0.2) is 0 Å². The number of hydrogen-bond donors (Lipinski definition) is 1. The zero-order valence-corrected chi connectivity index (χ0v) is 20.4. The predicted octanol–water partition coefficient (Wildman–Crippen LogP) is 5.06. The van der Waals surface area contributed by atoms with Crippen molar-refractivity contribution in [1.29, 1.82) is 0 Å². The number of anilines is 1. The van der Waals surface area contributed by atoms with Gasteiger partial charge in [-0.3, -0.25) is 9.78 Å². The minimum atomic E-state index is -0.657. The Labute approximate surface area is 211 Å². The van der Waals surface area contributed by atoms with Crippen LogP contribution in [0.2, 0.25) is 0 Å². The highest BCUT2D eigenvalue weighted by Crippen LogP contribution is 2.38. The van der Waals surface area contributed by atoms with Gasteiger partial charge in [-0.05, 0) is 48.4 Å². The third-order valence-electron chi connectivity index (χ3n) is 5.91. The summed E-state index contributed by atoms with van der Waals surface area (Å²) >= 11 is 1.32. The third kappa shape index (κ3) is 4.72. The topological polar surface area (TPSA) is 94.3 Å². The Morgan fingerprint density at radius 3 is 2.64 bits per heavy atom. The third-order valence-corrected chi connectivity index (χ3v) is 6.80. The zero-order valence-electron chi connectivity index (χ0n) is 19.6. The number of fused-ring (bicyclic) bond motifs is 1. The summed E-state index contributed by atoms with van der Waals surface area (Å²) in [4.78, 5) is 26.9. The Hall–Kier alpha value is -4.05. The molecule has 0 fully saturated rings. The molecule has 1 aliphatic rings. The van der Waals surface area contributed by atoms with Crippen molar-refractivity contribution in [1.82, 2.24) is 19.7 Å². The molecule has 36 heavy (non-hydrogen) atoms. The van der Waals surface area contributed by atoms with E-state index >= 15 is 0 Å². The van der Waals surface area contributed by atoms with Crippen LogP contribution in [0.5, 0.6) is 5.75 Å². The molecule has 1 aliphatic heterocycles. The van der Waals surface area contributed by atoms with Crippen molar-refractivity contribution in [3.05, 3.63) is 90.0 Å². The maximum absolute atomic E-state index is 14.1. The van der Waals surface area contributed by atoms with E-state index in [9.17, 15) is 9.18 Å². The molecule has 10 heteroatoms. The van der Waals surface area contributed by atoms with E-state index in [4.69, 9.17) is 4.74 Å². The number of halogens is 1. The minimum absolute atomic E-state index is 0.246. The van der Waals surface area contributed by atoms with E-state index in [0.29, 0.717) is 39.6 Å². The SMILES string of the molecule is COc1ccccc1NC(=O)C1C(C)=Nc2nc(SCc3ccccc3F)nn2C1c1ccncc1. The lowest BCUT2D eigenvalue weighted by Crippen LogP contribution is -2.39. The van der Waals surface area contributed by atoms with Crippen molar-refractivity contribution in [3.8, 4) is 5.75 Å². The highest BCUT2D eigenvalue weighted by molar-refractivity contribution is 7.98. The van der Waals surface area contributed by atoms with Gasteiger partial charge in [-0.1, -0.05) is 42.1 Å². The first-order valence-electron chi connectivity index (χ1n) is 11.3. The second kappa shape index (κ2) is 10.3. The zero-order chi connectivity index (χ0) is 25.1. The van der Waals surface area contributed by atoms with Gasteiger partial charge in [-0.2, -0.15) is 4.98 Å². The predicted molar refractivity (Wildman–Crippen MR) is 136 cm³/mol. The number of para-hydroxylation sites is 2. The average Bonchev–Trinajstić information content (AvgIpc) is 3.30. The Balaban J connectivity index is 1.48. The van der Waals surface area contributed by atoms with Crippen LogP contribution in [0.15, 0.2) is 83.2 Å². The van der Waals surface area contributed by atoms with E-state index in [1.807, 2.05) is 31.2 Å². The molecule has 0 spiro atoms. The fraction of sp³-hybridized carbons (Fsp3) is 0.192. The summed E-state index contributed by atoms with van der Waals surface area (Å²) in [7, 11) is 1.56. The number of benzene rings is 2. The normalized spacial score (nSPS) is 16.7. The largest absolute Gasteiger partial charge is 0.495 e. The summed E-state index contributed by atoms with van der Waals surface area (Å²) in [5.74, 6) is 0.152. The van der Waals surface area contributed by atoms with Gasteiger partial charge in [-0.15, -0.1) is 5.10 Å². The molecule has 0 aliphatic carbocycles. The van der Waals surface area contributed by atoms with Crippen LogP contribution in [0.25, 0.3) is 0 Å². The monoisotopic (exact) mass is 502 g/mol. The fourth-order valence-corrected chi connectivity index (χ4v) is 4.97. The van der Waals surface area contributed by atoms with E-state index in [1.54, 1.807) is 54.5 Å². The highest BCUT2D eigenvalue weighted by Gasteiger charge is 2.39. The lowest BCUT2D eigenvalue weighted by molar-refractivity contribution is -0.118. The number of methoxy groups -OCH3 is 1. The van der Waals surface area contributed by atoms with Crippen LogP contribution in [-0.2, 0) is 10.5 Å². The van der Waals surface area contributed by atoms with Crippen molar-refractivity contribution in [2.45, 2.75) is 23.9 Å². The maximum Gasteiger partial charge on any atom is 0.249 e. The molecule has 2 aromatic heterocycles. The van der Waals surface area contributed by atoms with Crippen LogP contribution in [-0.4, -0.2) is 38.5 Å². The molecular formula is C26H23FN6O2S. The highest BCUT2D eigenvalue weighted by atomic mass is 32.2. The van der Waals surface area contributed by atoms with Crippen molar-refractivity contribution >= 4 is 35.0 Å². The van der Waals surface area contributed by atoms with Gasteiger partial charge in [0.1, 0.15) is 17.5 Å². The number of carbonyl (C=O) groups excluding carboxylic acids is 1. The Morgan fingerprint density at radius 1 is 1.11 bits per heavy atom. The maximum atomic E-state index is 14.1. The number of carbonyl (C=O) groups is 1. The number of rotatable bonds is 7. The molecule has 2 aromatic carbocycles. The first kappa shape index (κ1) is 23.7. The number of nitrogens with one attached hydrogen (secondary N) is 1. The molecule has 8 nitrogen and oxygen atoms in total. The molecule has 1 amide bonds. The number of thioether (sulfide) groups is 1. The number of aliphatic imine (C=N–C) groups is 1. The summed E-state index contributed by atoms with van der Waals surface area (Å²) in [6.45, 7) is 1.81. The van der Waals surface area contributed by atoms with Gasteiger partial charge in [0.2, 0.25) is 17.0 Å². The second-order valence-electron chi connectivity index (χ2n) is 8.16.